The molecule has 0 amide bonds. The molecule has 0 aliphatic carbocycles. The van der Waals surface area contributed by atoms with Crippen molar-refractivity contribution >= 4 is 5.78 Å². The van der Waals surface area contributed by atoms with Crippen LogP contribution in [0.1, 0.15) is 15.9 Å². The first kappa shape index (κ1) is 9.77. The number of hydrogen-bond donors (Lipinski definition) is 1. The van der Waals surface area contributed by atoms with Crippen LogP contribution in [0.5, 0.6) is 0 Å². The molecule has 0 bridgehead atoms. The van der Waals surface area contributed by atoms with Gasteiger partial charge < -0.3 is 10.2 Å². The Kier molecular flexibility index (Phi) is 2.72. The first-order chi connectivity index (χ1) is 7.25. The molecule has 0 spiro atoms. The molecule has 1 aromatic rings. The number of nitrogens with one attached hydrogen (secondary N) is 1. The smallest absolute Gasteiger partial charge is 0.182 e. The fourth-order valence-corrected chi connectivity index (χ4v) is 1.50. The van der Waals surface area contributed by atoms with E-state index in [1.165, 1.54) is 5.56 Å². The first-order valence-electron chi connectivity index (χ1n) is 5.00. The first-order valence-corrected chi connectivity index (χ1v) is 5.00. The number of rotatable bonds is 3. The molecule has 2 rings (SSSR count). The maximum Gasteiger partial charge on any atom is 0.182 e. The van der Waals surface area contributed by atoms with E-state index in [9.17, 15) is 4.79 Å². The summed E-state index contributed by atoms with van der Waals surface area (Å²) in [6, 6.07) is 7.69. The normalized spacial score (nSPS) is 14.1. The zero-order valence-electron chi connectivity index (χ0n) is 8.73. The van der Waals surface area contributed by atoms with Crippen LogP contribution >= 0.6 is 0 Å². The van der Waals surface area contributed by atoms with Gasteiger partial charge in [-0.15, -0.1) is 0 Å². The average Bonchev–Trinajstić information content (AvgIpc) is 2.71. The van der Waals surface area contributed by atoms with Gasteiger partial charge >= 0.3 is 0 Å². The van der Waals surface area contributed by atoms with E-state index in [0.717, 1.165) is 12.2 Å². The standard InChI is InChI=1S/C12H14N2O/c1-10-2-4-11(5-3-10)12(15)8-14-7-6-13-9-14/h2-7,13H,8-9H2,1H3. The molecule has 78 valence electrons. The van der Waals surface area contributed by atoms with Gasteiger partial charge in [0.1, 0.15) is 0 Å². The second-order valence-electron chi connectivity index (χ2n) is 3.71. The van der Waals surface area contributed by atoms with E-state index in [2.05, 4.69) is 5.32 Å². The van der Waals surface area contributed by atoms with E-state index in [1.807, 2.05) is 48.5 Å². The SMILES string of the molecule is Cc1ccc(C(=O)CN2C=CNC2)cc1. The van der Waals surface area contributed by atoms with Gasteiger partial charge in [0.15, 0.2) is 5.78 Å². The number of aryl methyl sites for hydroxylation is 1. The molecule has 1 aromatic carbocycles. The van der Waals surface area contributed by atoms with E-state index in [-0.39, 0.29) is 5.78 Å². The van der Waals surface area contributed by atoms with Crippen molar-refractivity contribution < 1.29 is 4.79 Å². The summed E-state index contributed by atoms with van der Waals surface area (Å²) in [7, 11) is 0. The minimum atomic E-state index is 0.156. The Balaban J connectivity index is 2.01. The van der Waals surface area contributed by atoms with Crippen LogP contribution in [0.4, 0.5) is 0 Å². The van der Waals surface area contributed by atoms with Gasteiger partial charge in [0, 0.05) is 18.0 Å². The fourth-order valence-electron chi connectivity index (χ4n) is 1.50. The molecule has 1 aliphatic heterocycles. The van der Waals surface area contributed by atoms with E-state index in [0.29, 0.717) is 6.54 Å². The molecular formula is C12H14N2O. The highest BCUT2D eigenvalue weighted by Gasteiger charge is 2.10. The molecule has 0 aromatic heterocycles. The minimum Gasteiger partial charge on any atom is -0.373 e. The van der Waals surface area contributed by atoms with E-state index in [4.69, 9.17) is 0 Å². The monoisotopic (exact) mass is 202 g/mol. The summed E-state index contributed by atoms with van der Waals surface area (Å²) < 4.78 is 0. The summed E-state index contributed by atoms with van der Waals surface area (Å²) in [4.78, 5) is 13.8. The third kappa shape index (κ3) is 2.37. The summed E-state index contributed by atoms with van der Waals surface area (Å²) in [5, 5.41) is 3.03. The van der Waals surface area contributed by atoms with Gasteiger partial charge in [-0.1, -0.05) is 29.8 Å². The lowest BCUT2D eigenvalue weighted by atomic mass is 10.1. The highest BCUT2D eigenvalue weighted by Crippen LogP contribution is 2.06. The maximum atomic E-state index is 11.8. The van der Waals surface area contributed by atoms with Crippen LogP contribution in [-0.2, 0) is 0 Å². The highest BCUT2D eigenvalue weighted by atomic mass is 16.1. The third-order valence-corrected chi connectivity index (χ3v) is 2.42. The van der Waals surface area contributed by atoms with Crippen molar-refractivity contribution in [2.45, 2.75) is 6.92 Å². The van der Waals surface area contributed by atoms with Gasteiger partial charge in [-0.05, 0) is 6.92 Å². The molecule has 1 aliphatic rings. The van der Waals surface area contributed by atoms with Gasteiger partial charge in [-0.3, -0.25) is 4.79 Å². The van der Waals surface area contributed by atoms with Crippen molar-refractivity contribution in [3.63, 3.8) is 0 Å². The predicted octanol–water partition coefficient (Wildman–Crippen LogP) is 1.51. The van der Waals surface area contributed by atoms with Gasteiger partial charge in [0.05, 0.1) is 13.2 Å². The van der Waals surface area contributed by atoms with Crippen LogP contribution < -0.4 is 5.32 Å². The zero-order chi connectivity index (χ0) is 10.7. The topological polar surface area (TPSA) is 32.3 Å². The Morgan fingerprint density at radius 3 is 2.73 bits per heavy atom. The van der Waals surface area contributed by atoms with Crippen LogP contribution in [0.25, 0.3) is 0 Å². The van der Waals surface area contributed by atoms with Crippen LogP contribution in [0.3, 0.4) is 0 Å². The lowest BCUT2D eigenvalue weighted by Gasteiger charge is -2.13. The van der Waals surface area contributed by atoms with Crippen LogP contribution in [0.2, 0.25) is 0 Å². The van der Waals surface area contributed by atoms with E-state index in [1.54, 1.807) is 0 Å². The number of nitrogens with zero attached hydrogens (tertiary/aromatic N) is 1. The van der Waals surface area contributed by atoms with Crippen molar-refractivity contribution in [2.24, 2.45) is 0 Å². The second kappa shape index (κ2) is 4.17. The molecule has 3 heteroatoms. The van der Waals surface area contributed by atoms with Crippen molar-refractivity contribution in [3.8, 4) is 0 Å². The number of ketones is 1. The minimum absolute atomic E-state index is 0.156. The fraction of sp³-hybridized carbons (Fsp3) is 0.250. The number of benzene rings is 1. The van der Waals surface area contributed by atoms with Gasteiger partial charge in [-0.2, -0.15) is 0 Å². The lowest BCUT2D eigenvalue weighted by molar-refractivity contribution is 0.0957. The quantitative estimate of drug-likeness (QED) is 0.754. The van der Waals surface area contributed by atoms with E-state index < -0.39 is 0 Å². The van der Waals surface area contributed by atoms with Gasteiger partial charge in [0.25, 0.3) is 0 Å². The molecule has 0 atom stereocenters. The van der Waals surface area contributed by atoms with Gasteiger partial charge in [0.2, 0.25) is 0 Å². The number of hydrogen-bond acceptors (Lipinski definition) is 3. The molecule has 0 saturated heterocycles. The maximum absolute atomic E-state index is 11.8. The van der Waals surface area contributed by atoms with Crippen LogP contribution in [0.15, 0.2) is 36.7 Å². The molecule has 0 radical (unpaired) electrons. The lowest BCUT2D eigenvalue weighted by Crippen LogP contribution is -2.27. The second-order valence-corrected chi connectivity index (χ2v) is 3.71. The molecule has 1 N–H and O–H groups in total. The molecule has 0 fully saturated rings. The summed E-state index contributed by atoms with van der Waals surface area (Å²) in [6.07, 6.45) is 3.74. The molecule has 0 saturated carbocycles. The summed E-state index contributed by atoms with van der Waals surface area (Å²) in [5.41, 5.74) is 1.95. The van der Waals surface area contributed by atoms with Crippen molar-refractivity contribution in [2.75, 3.05) is 13.2 Å². The molecule has 0 unspecified atom stereocenters. The molecule has 15 heavy (non-hydrogen) atoms. The Morgan fingerprint density at radius 1 is 1.40 bits per heavy atom. The predicted molar refractivity (Wildman–Crippen MR) is 59.4 cm³/mol. The third-order valence-electron chi connectivity index (χ3n) is 2.42. The summed E-state index contributed by atoms with van der Waals surface area (Å²) in [5.74, 6) is 0.156. The zero-order valence-corrected chi connectivity index (χ0v) is 8.73. The Bertz CT molecular complexity index is 381. The van der Waals surface area contributed by atoms with Crippen molar-refractivity contribution in [1.82, 2.24) is 10.2 Å². The average molecular weight is 202 g/mol. The summed E-state index contributed by atoms with van der Waals surface area (Å²) in [6.45, 7) is 3.17. The van der Waals surface area contributed by atoms with Crippen molar-refractivity contribution in [3.05, 3.63) is 47.8 Å². The summed E-state index contributed by atoms with van der Waals surface area (Å²) >= 11 is 0. The molecule has 3 nitrogen and oxygen atoms in total. The number of carbonyl (C=O) groups is 1. The highest BCUT2D eigenvalue weighted by molar-refractivity contribution is 5.97. The van der Waals surface area contributed by atoms with Crippen LogP contribution in [-0.4, -0.2) is 23.9 Å². The largest absolute Gasteiger partial charge is 0.373 e. The Hall–Kier alpha value is -1.77. The molecular weight excluding hydrogens is 188 g/mol. The van der Waals surface area contributed by atoms with E-state index >= 15 is 0 Å². The Morgan fingerprint density at radius 2 is 2.13 bits per heavy atom. The van der Waals surface area contributed by atoms with Crippen LogP contribution in [0, 0.1) is 6.92 Å². The molecule has 1 heterocycles. The number of Topliss-reactive ketones (excluding diaryl/α,β-unsaturated/α-hetero) is 1. The number of carbonyl (C=O) groups excluding carboxylic acids is 1. The Labute approximate surface area is 89.4 Å². The van der Waals surface area contributed by atoms with Gasteiger partial charge in [-0.25, -0.2) is 0 Å². The van der Waals surface area contributed by atoms with Crippen molar-refractivity contribution in [1.29, 1.82) is 0 Å².